The fourth-order valence-electron chi connectivity index (χ4n) is 4.83. The van der Waals surface area contributed by atoms with Gasteiger partial charge in [0, 0.05) is 26.5 Å². The minimum Gasteiger partial charge on any atom is -0.396 e. The molecule has 1 aliphatic heterocycles. The zero-order valence-corrected chi connectivity index (χ0v) is 22.3. The maximum atomic E-state index is 13.0. The van der Waals surface area contributed by atoms with Crippen molar-refractivity contribution >= 4 is 28.5 Å². The second-order valence-corrected chi connectivity index (χ2v) is 9.69. The van der Waals surface area contributed by atoms with Gasteiger partial charge < -0.3 is 10.5 Å². The third-order valence-electron chi connectivity index (χ3n) is 6.89. The van der Waals surface area contributed by atoms with Gasteiger partial charge in [-0.2, -0.15) is 5.10 Å². The summed E-state index contributed by atoms with van der Waals surface area (Å²) in [6, 6.07) is 11.8. The van der Waals surface area contributed by atoms with Gasteiger partial charge in [0.15, 0.2) is 5.69 Å². The Morgan fingerprint density at radius 3 is 2.66 bits per heavy atom. The average Bonchev–Trinajstić information content (AvgIpc) is 3.46. The number of anilines is 1. The van der Waals surface area contributed by atoms with E-state index in [1.165, 1.54) is 20.0 Å². The van der Waals surface area contributed by atoms with Crippen LogP contribution in [-0.2, 0) is 28.0 Å². The summed E-state index contributed by atoms with van der Waals surface area (Å²) in [5, 5.41) is 6.15. The van der Waals surface area contributed by atoms with E-state index in [0.29, 0.717) is 48.3 Å². The van der Waals surface area contributed by atoms with Crippen molar-refractivity contribution in [3.63, 3.8) is 0 Å². The number of hydrogen-bond acceptors (Lipinski definition) is 6. The SMILES string of the molecule is Cn1c(=O)n(C2CCC(=O)NC2=O)c2cccc(C#CCCCOCc3ccc(-n4cc(N)c(C(F)F)n4)cc3)c21. The maximum Gasteiger partial charge on any atom is 0.329 e. The highest BCUT2D eigenvalue weighted by atomic mass is 19.3. The number of imidazole rings is 1. The topological polar surface area (TPSA) is 126 Å². The van der Waals surface area contributed by atoms with Crippen LogP contribution < -0.4 is 16.7 Å². The number of para-hydroxylation sites is 1. The molecule has 1 unspecified atom stereocenters. The standard InChI is InChI=1S/C29H28F2N6O4/c1-35-26-19(7-5-8-22(26)37(29(35)40)23-13-14-24(38)33-28(23)39)6-3-2-4-15-41-17-18-9-11-20(12-10-18)36-16-21(32)25(34-36)27(30)31/h5,7-12,16,23,27H,2,4,13-15,17,32H2,1H3,(H,33,38,39). The van der Waals surface area contributed by atoms with Crippen molar-refractivity contribution in [1.82, 2.24) is 24.2 Å². The van der Waals surface area contributed by atoms with Crippen LogP contribution >= 0.6 is 0 Å². The number of carbonyl (C=O) groups is 2. The smallest absolute Gasteiger partial charge is 0.329 e. The van der Waals surface area contributed by atoms with E-state index in [1.807, 2.05) is 18.2 Å². The van der Waals surface area contributed by atoms with E-state index in [-0.39, 0.29) is 30.1 Å². The molecule has 12 heteroatoms. The number of fused-ring (bicyclic) bond motifs is 1. The first-order valence-corrected chi connectivity index (χ1v) is 13.1. The molecule has 41 heavy (non-hydrogen) atoms. The molecule has 212 valence electrons. The number of aryl methyl sites for hydroxylation is 1. The molecule has 2 aromatic carbocycles. The van der Waals surface area contributed by atoms with Crippen molar-refractivity contribution in [2.75, 3.05) is 12.3 Å². The molecule has 3 heterocycles. The van der Waals surface area contributed by atoms with Crippen LogP contribution in [0.2, 0.25) is 0 Å². The van der Waals surface area contributed by atoms with Crippen LogP contribution in [-0.4, -0.2) is 37.3 Å². The fourth-order valence-corrected chi connectivity index (χ4v) is 4.83. The molecule has 0 saturated carbocycles. The summed E-state index contributed by atoms with van der Waals surface area (Å²) in [5.74, 6) is 5.45. The van der Waals surface area contributed by atoms with Crippen molar-refractivity contribution in [2.45, 2.75) is 44.8 Å². The van der Waals surface area contributed by atoms with Gasteiger partial charge in [0.2, 0.25) is 11.8 Å². The van der Waals surface area contributed by atoms with E-state index in [1.54, 1.807) is 31.3 Å². The molecule has 0 aliphatic carbocycles. The number of amides is 2. The number of nitrogens with zero attached hydrogens (tertiary/aromatic N) is 4. The second kappa shape index (κ2) is 11.8. The molecule has 2 amide bonds. The molecule has 1 saturated heterocycles. The lowest BCUT2D eigenvalue weighted by atomic mass is 10.1. The zero-order chi connectivity index (χ0) is 29.1. The largest absolute Gasteiger partial charge is 0.396 e. The van der Waals surface area contributed by atoms with Crippen molar-refractivity contribution in [3.8, 4) is 17.5 Å². The Hall–Kier alpha value is -4.76. The van der Waals surface area contributed by atoms with Gasteiger partial charge >= 0.3 is 5.69 Å². The quantitative estimate of drug-likeness (QED) is 0.193. The van der Waals surface area contributed by atoms with Crippen molar-refractivity contribution in [3.05, 3.63) is 76.0 Å². The monoisotopic (exact) mass is 562 g/mol. The number of nitrogens with one attached hydrogen (secondary N) is 1. The van der Waals surface area contributed by atoms with Crippen LogP contribution in [0.15, 0.2) is 53.5 Å². The molecule has 10 nitrogen and oxygen atoms in total. The second-order valence-electron chi connectivity index (χ2n) is 9.69. The molecule has 1 fully saturated rings. The Morgan fingerprint density at radius 2 is 1.95 bits per heavy atom. The number of alkyl halides is 2. The number of nitrogen functional groups attached to an aromatic ring is 1. The first kappa shape index (κ1) is 27.8. The summed E-state index contributed by atoms with van der Waals surface area (Å²) in [5.41, 5.74) is 8.21. The maximum absolute atomic E-state index is 13.0. The third-order valence-corrected chi connectivity index (χ3v) is 6.89. The number of aromatic nitrogens is 4. The highest BCUT2D eigenvalue weighted by Gasteiger charge is 2.31. The molecule has 1 aliphatic rings. The number of halogens is 2. The molecule has 2 aromatic heterocycles. The fraction of sp³-hybridized carbons (Fsp3) is 0.310. The summed E-state index contributed by atoms with van der Waals surface area (Å²) >= 11 is 0. The number of unbranched alkanes of at least 4 members (excludes halogenated alkanes) is 1. The van der Waals surface area contributed by atoms with Crippen molar-refractivity contribution in [1.29, 1.82) is 0 Å². The predicted molar refractivity (Wildman–Crippen MR) is 147 cm³/mol. The molecule has 0 bridgehead atoms. The number of piperidine rings is 1. The van der Waals surface area contributed by atoms with Gasteiger partial charge in [-0.25, -0.2) is 18.3 Å². The van der Waals surface area contributed by atoms with Crippen molar-refractivity contribution < 1.29 is 23.1 Å². The van der Waals surface area contributed by atoms with Crippen LogP contribution in [0.5, 0.6) is 0 Å². The van der Waals surface area contributed by atoms with Gasteiger partial charge in [0.1, 0.15) is 6.04 Å². The van der Waals surface area contributed by atoms with Gasteiger partial charge in [-0.1, -0.05) is 30.0 Å². The highest BCUT2D eigenvalue weighted by molar-refractivity contribution is 6.00. The van der Waals surface area contributed by atoms with Crippen molar-refractivity contribution in [2.24, 2.45) is 7.05 Å². The molecule has 1 atom stereocenters. The van der Waals surface area contributed by atoms with Crippen LogP contribution in [0.4, 0.5) is 14.5 Å². The zero-order valence-electron chi connectivity index (χ0n) is 22.3. The Balaban J connectivity index is 1.16. The summed E-state index contributed by atoms with van der Waals surface area (Å²) in [7, 11) is 1.64. The number of imide groups is 1. The Labute approximate surface area is 233 Å². The molecule has 3 N–H and O–H groups in total. The number of carbonyl (C=O) groups excluding carboxylic acids is 2. The number of ether oxygens (including phenoxy) is 1. The summed E-state index contributed by atoms with van der Waals surface area (Å²) < 4.78 is 35.8. The molecular weight excluding hydrogens is 534 g/mol. The van der Waals surface area contributed by atoms with Gasteiger partial charge in [0.05, 0.1) is 40.8 Å². The van der Waals surface area contributed by atoms with Gasteiger partial charge in [-0.05, 0) is 42.7 Å². The van der Waals surface area contributed by atoms with Crippen LogP contribution in [0.25, 0.3) is 16.7 Å². The summed E-state index contributed by atoms with van der Waals surface area (Å²) in [4.78, 5) is 37.0. The van der Waals surface area contributed by atoms with E-state index < -0.39 is 24.1 Å². The van der Waals surface area contributed by atoms with E-state index >= 15 is 0 Å². The first-order chi connectivity index (χ1) is 19.7. The van der Waals surface area contributed by atoms with Crippen LogP contribution in [0.1, 0.15) is 55.0 Å². The Kier molecular flexibility index (Phi) is 7.98. The lowest BCUT2D eigenvalue weighted by Gasteiger charge is -2.21. The van der Waals surface area contributed by atoms with E-state index in [0.717, 1.165) is 5.56 Å². The minimum absolute atomic E-state index is 0.0538. The Morgan fingerprint density at radius 1 is 1.17 bits per heavy atom. The predicted octanol–water partition coefficient (Wildman–Crippen LogP) is 3.37. The van der Waals surface area contributed by atoms with Crippen LogP contribution in [0.3, 0.4) is 0 Å². The van der Waals surface area contributed by atoms with E-state index in [2.05, 4.69) is 22.3 Å². The Bertz CT molecular complexity index is 1730. The number of rotatable bonds is 8. The molecule has 5 rings (SSSR count). The minimum atomic E-state index is -2.73. The number of benzene rings is 2. The van der Waals surface area contributed by atoms with Gasteiger partial charge in [0.25, 0.3) is 6.43 Å². The van der Waals surface area contributed by atoms with Crippen LogP contribution in [0, 0.1) is 11.8 Å². The molecule has 0 radical (unpaired) electrons. The highest BCUT2D eigenvalue weighted by Crippen LogP contribution is 2.26. The van der Waals surface area contributed by atoms with Gasteiger partial charge in [-0.3, -0.25) is 24.0 Å². The lowest BCUT2D eigenvalue weighted by molar-refractivity contribution is -0.135. The molecule has 4 aromatic rings. The summed E-state index contributed by atoms with van der Waals surface area (Å²) in [6.45, 7) is 0.866. The normalized spacial score (nSPS) is 15.3. The lowest BCUT2D eigenvalue weighted by Crippen LogP contribution is -2.44. The van der Waals surface area contributed by atoms with E-state index in [9.17, 15) is 23.2 Å². The van der Waals surface area contributed by atoms with E-state index in [4.69, 9.17) is 10.5 Å². The van der Waals surface area contributed by atoms with Gasteiger partial charge in [-0.15, -0.1) is 0 Å². The third kappa shape index (κ3) is 5.76. The number of nitrogens with two attached hydrogens (primary N) is 1. The molecular formula is C29H28F2N6O4. The molecule has 0 spiro atoms. The first-order valence-electron chi connectivity index (χ1n) is 13.1. The average molecular weight is 563 g/mol. The summed E-state index contributed by atoms with van der Waals surface area (Å²) in [6.07, 6.45) is 0.345. The number of hydrogen-bond donors (Lipinski definition) is 2.